The highest BCUT2D eigenvalue weighted by atomic mass is 16.7. The second-order valence-electron chi connectivity index (χ2n) is 4.15. The molecule has 96 valence electrons. The second kappa shape index (κ2) is 5.90. The van der Waals surface area contributed by atoms with Crippen LogP contribution in [0.4, 0.5) is 0 Å². The number of unbranched alkanes of at least 4 members (excludes halogenated alkanes) is 1. The van der Waals surface area contributed by atoms with Crippen LogP contribution in [0.1, 0.15) is 19.8 Å². The summed E-state index contributed by atoms with van der Waals surface area (Å²) in [4.78, 5) is 0. The Balaban J connectivity index is 2.39. The summed E-state index contributed by atoms with van der Waals surface area (Å²) in [6.45, 7) is 2.45. The highest BCUT2D eigenvalue weighted by Crippen LogP contribution is 2.28. The number of ether oxygens (including phenoxy) is 1. The van der Waals surface area contributed by atoms with E-state index in [1.807, 2.05) is 0 Å². The lowest BCUT2D eigenvalue weighted by Crippen LogP contribution is -2.46. The van der Waals surface area contributed by atoms with Crippen LogP contribution in [0.2, 0.25) is 0 Å². The predicted octanol–water partition coefficient (Wildman–Crippen LogP) is -1.82. The quantitative estimate of drug-likeness (QED) is 0.347. The Bertz CT molecular complexity index is 215. The first-order chi connectivity index (χ1) is 7.55. The zero-order valence-corrected chi connectivity index (χ0v) is 9.46. The molecule has 0 aromatic rings. The number of aliphatic hydroxyl groups excluding tert-OH is 3. The van der Waals surface area contributed by atoms with Crippen LogP contribution in [-0.2, 0) is 4.74 Å². The van der Waals surface area contributed by atoms with Gasteiger partial charge in [0.25, 0.3) is 0 Å². The van der Waals surface area contributed by atoms with Crippen molar-refractivity contribution < 1.29 is 25.2 Å². The van der Waals surface area contributed by atoms with Gasteiger partial charge >= 0.3 is 0 Å². The summed E-state index contributed by atoms with van der Waals surface area (Å²) in [6, 6.07) is 0. The molecule has 0 saturated carbocycles. The molecule has 4 atom stereocenters. The Morgan fingerprint density at radius 1 is 1.38 bits per heavy atom. The number of rotatable bonds is 6. The molecule has 0 bridgehead atoms. The van der Waals surface area contributed by atoms with E-state index in [9.17, 15) is 15.3 Å². The average Bonchev–Trinajstić information content (AvgIpc) is 2.50. The van der Waals surface area contributed by atoms with Gasteiger partial charge in [-0.3, -0.25) is 0 Å². The molecule has 1 rings (SSSR count). The lowest BCUT2D eigenvalue weighted by Gasteiger charge is -2.22. The molecule has 0 amide bonds. The maximum Gasteiger partial charge on any atom is 0.219 e. The monoisotopic (exact) mass is 235 g/mol. The first-order valence-electron chi connectivity index (χ1n) is 5.63. The molecule has 0 aliphatic carbocycles. The molecule has 0 spiro atoms. The molecule has 1 saturated heterocycles. The molecule has 6 heteroatoms. The molecule has 6 nitrogen and oxygen atoms in total. The summed E-state index contributed by atoms with van der Waals surface area (Å²) in [5.74, 6) is -2.05. The van der Waals surface area contributed by atoms with Crippen LogP contribution in [0.25, 0.3) is 0 Å². The van der Waals surface area contributed by atoms with E-state index in [1.54, 1.807) is 0 Å². The first-order valence-corrected chi connectivity index (χ1v) is 5.63. The van der Waals surface area contributed by atoms with Crippen molar-refractivity contribution in [2.24, 2.45) is 0 Å². The Morgan fingerprint density at radius 3 is 2.56 bits per heavy atom. The van der Waals surface area contributed by atoms with Crippen molar-refractivity contribution in [3.63, 3.8) is 0 Å². The van der Waals surface area contributed by atoms with Crippen molar-refractivity contribution >= 4 is 0 Å². The van der Waals surface area contributed by atoms with Crippen LogP contribution < -0.4 is 5.32 Å². The average molecular weight is 235 g/mol. The molecule has 1 aliphatic heterocycles. The van der Waals surface area contributed by atoms with Crippen LogP contribution in [0.3, 0.4) is 0 Å². The fourth-order valence-electron chi connectivity index (χ4n) is 1.71. The van der Waals surface area contributed by atoms with E-state index in [0.717, 1.165) is 19.4 Å². The largest absolute Gasteiger partial charge is 0.391 e. The van der Waals surface area contributed by atoms with Crippen molar-refractivity contribution in [3.8, 4) is 0 Å². The summed E-state index contributed by atoms with van der Waals surface area (Å²) in [5.41, 5.74) is 0. The van der Waals surface area contributed by atoms with Crippen LogP contribution >= 0.6 is 0 Å². The Labute approximate surface area is 94.9 Å². The maximum atomic E-state index is 9.60. The zero-order valence-electron chi connectivity index (χ0n) is 9.46. The second-order valence-corrected chi connectivity index (χ2v) is 4.15. The van der Waals surface area contributed by atoms with Crippen LogP contribution in [-0.4, -0.2) is 64.2 Å². The van der Waals surface area contributed by atoms with Gasteiger partial charge in [0.2, 0.25) is 5.79 Å². The minimum absolute atomic E-state index is 0.334. The molecule has 0 aromatic carbocycles. The van der Waals surface area contributed by atoms with Crippen molar-refractivity contribution in [1.29, 1.82) is 0 Å². The van der Waals surface area contributed by atoms with Crippen LogP contribution in [0, 0.1) is 0 Å². The van der Waals surface area contributed by atoms with Gasteiger partial charge in [-0.25, -0.2) is 0 Å². The van der Waals surface area contributed by atoms with Crippen molar-refractivity contribution in [2.45, 2.75) is 43.9 Å². The molecule has 0 unspecified atom stereocenters. The zero-order chi connectivity index (χ0) is 12.2. The van der Waals surface area contributed by atoms with Crippen molar-refractivity contribution in [3.05, 3.63) is 0 Å². The van der Waals surface area contributed by atoms with E-state index in [-0.39, 0.29) is 0 Å². The van der Waals surface area contributed by atoms with E-state index >= 15 is 0 Å². The van der Waals surface area contributed by atoms with Gasteiger partial charge in [0.1, 0.15) is 18.3 Å². The first kappa shape index (κ1) is 13.8. The third-order valence-corrected chi connectivity index (χ3v) is 2.80. The molecular weight excluding hydrogens is 214 g/mol. The van der Waals surface area contributed by atoms with Gasteiger partial charge in [-0.1, -0.05) is 13.3 Å². The van der Waals surface area contributed by atoms with Gasteiger partial charge in [-0.2, -0.15) is 0 Å². The number of hydrogen-bond donors (Lipinski definition) is 5. The molecule has 0 radical (unpaired) electrons. The lowest BCUT2D eigenvalue weighted by molar-refractivity contribution is -0.245. The molecule has 1 heterocycles. The predicted molar refractivity (Wildman–Crippen MR) is 56.7 cm³/mol. The summed E-state index contributed by atoms with van der Waals surface area (Å²) in [5, 5.41) is 40.6. The smallest absolute Gasteiger partial charge is 0.219 e. The van der Waals surface area contributed by atoms with Crippen molar-refractivity contribution in [1.82, 2.24) is 5.32 Å². The van der Waals surface area contributed by atoms with Gasteiger partial charge in [0.05, 0.1) is 6.61 Å². The molecule has 16 heavy (non-hydrogen) atoms. The molecule has 5 N–H and O–H groups in total. The van der Waals surface area contributed by atoms with Crippen LogP contribution in [0.15, 0.2) is 0 Å². The Morgan fingerprint density at radius 2 is 2.06 bits per heavy atom. The Kier molecular flexibility index (Phi) is 5.10. The standard InChI is InChI=1S/C10H21NO5/c1-2-3-4-11-5-7-8(13)9(14)10(15,6-12)16-7/h7-9,11-15H,2-6H2,1H3/t7-,8+,9+,10+/m1/s1. The van der Waals surface area contributed by atoms with E-state index < -0.39 is 30.7 Å². The van der Waals surface area contributed by atoms with Gasteiger partial charge in [0.15, 0.2) is 0 Å². The van der Waals surface area contributed by atoms with E-state index in [2.05, 4.69) is 12.2 Å². The third-order valence-electron chi connectivity index (χ3n) is 2.80. The number of hydrogen-bond acceptors (Lipinski definition) is 6. The molecule has 1 fully saturated rings. The lowest BCUT2D eigenvalue weighted by atomic mass is 10.1. The molecular formula is C10H21NO5. The normalized spacial score (nSPS) is 39.2. The topological polar surface area (TPSA) is 102 Å². The maximum absolute atomic E-state index is 9.60. The highest BCUT2D eigenvalue weighted by Gasteiger charge is 2.52. The van der Waals surface area contributed by atoms with Crippen molar-refractivity contribution in [2.75, 3.05) is 19.7 Å². The summed E-state index contributed by atoms with van der Waals surface area (Å²) in [7, 11) is 0. The van der Waals surface area contributed by atoms with E-state index in [0.29, 0.717) is 6.54 Å². The molecule has 0 aromatic heterocycles. The number of nitrogens with one attached hydrogen (secondary N) is 1. The Hall–Kier alpha value is -0.240. The minimum Gasteiger partial charge on any atom is -0.391 e. The van der Waals surface area contributed by atoms with Gasteiger partial charge in [0, 0.05) is 6.54 Å². The van der Waals surface area contributed by atoms with Gasteiger partial charge < -0.3 is 30.5 Å². The third kappa shape index (κ3) is 2.91. The van der Waals surface area contributed by atoms with Gasteiger partial charge in [-0.15, -0.1) is 0 Å². The SMILES string of the molecule is CCCCNC[C@H]1O[C@@](O)(CO)[C@@H](O)[C@H]1O. The van der Waals surface area contributed by atoms with Crippen LogP contribution in [0.5, 0.6) is 0 Å². The number of aliphatic hydroxyl groups is 4. The van der Waals surface area contributed by atoms with E-state index in [4.69, 9.17) is 9.84 Å². The summed E-state index contributed by atoms with van der Waals surface area (Å²) >= 11 is 0. The molecule has 1 aliphatic rings. The summed E-state index contributed by atoms with van der Waals surface area (Å²) in [6.07, 6.45) is -1.30. The fourth-order valence-corrected chi connectivity index (χ4v) is 1.71. The van der Waals surface area contributed by atoms with Gasteiger partial charge in [-0.05, 0) is 13.0 Å². The fraction of sp³-hybridized carbons (Fsp3) is 1.00. The minimum atomic E-state index is -2.05. The highest BCUT2D eigenvalue weighted by molar-refractivity contribution is 4.95. The summed E-state index contributed by atoms with van der Waals surface area (Å²) < 4.78 is 5.05. The van der Waals surface area contributed by atoms with E-state index in [1.165, 1.54) is 0 Å².